The highest BCUT2D eigenvalue weighted by Crippen LogP contribution is 2.26. The highest BCUT2D eigenvalue weighted by Gasteiger charge is 2.26. The van der Waals surface area contributed by atoms with Crippen molar-refractivity contribution in [2.24, 2.45) is 0 Å². The van der Waals surface area contributed by atoms with E-state index >= 15 is 0 Å². The van der Waals surface area contributed by atoms with Crippen LogP contribution < -0.4 is 0 Å². The monoisotopic (exact) mass is 196 g/mol. The SMILES string of the molecule is FC(F)(Br)n1cccn1. The number of hydrogen-bond acceptors (Lipinski definition) is 1. The lowest BCUT2D eigenvalue weighted by Crippen LogP contribution is -2.14. The molecule has 0 spiro atoms. The van der Waals surface area contributed by atoms with Crippen LogP contribution in [0, 0.1) is 0 Å². The van der Waals surface area contributed by atoms with Crippen LogP contribution in [0.4, 0.5) is 8.78 Å². The minimum absolute atomic E-state index is 0.521. The van der Waals surface area contributed by atoms with Crippen molar-refractivity contribution in [3.05, 3.63) is 18.5 Å². The van der Waals surface area contributed by atoms with Crippen LogP contribution in [0.1, 0.15) is 0 Å². The average molecular weight is 197 g/mol. The van der Waals surface area contributed by atoms with Gasteiger partial charge in [0.15, 0.2) is 0 Å². The van der Waals surface area contributed by atoms with Gasteiger partial charge in [0.1, 0.15) is 0 Å². The molecule has 0 bridgehead atoms. The smallest absolute Gasteiger partial charge is 0.199 e. The topological polar surface area (TPSA) is 17.8 Å². The number of alkyl halides is 3. The lowest BCUT2D eigenvalue weighted by molar-refractivity contribution is 0.0200. The Morgan fingerprint density at radius 3 is 2.44 bits per heavy atom. The summed E-state index contributed by atoms with van der Waals surface area (Å²) in [6.45, 7) is 0. The van der Waals surface area contributed by atoms with Gasteiger partial charge in [-0.15, -0.1) is 0 Å². The molecule has 0 radical (unpaired) electrons. The van der Waals surface area contributed by atoms with Crippen LogP contribution in [0.3, 0.4) is 0 Å². The van der Waals surface area contributed by atoms with Crippen LogP contribution in [0.15, 0.2) is 18.5 Å². The first-order chi connectivity index (χ1) is 4.11. The molecule has 1 aromatic heterocycles. The molecule has 0 aliphatic rings. The molecule has 2 nitrogen and oxygen atoms in total. The molecule has 0 aliphatic heterocycles. The Morgan fingerprint density at radius 1 is 1.56 bits per heavy atom. The molecule has 0 aromatic carbocycles. The Morgan fingerprint density at radius 2 is 2.22 bits per heavy atom. The number of rotatable bonds is 1. The average Bonchev–Trinajstić information content (AvgIpc) is 2.08. The second kappa shape index (κ2) is 2.06. The molecule has 1 rings (SSSR count). The van der Waals surface area contributed by atoms with Gasteiger partial charge in [-0.3, -0.25) is 0 Å². The van der Waals surface area contributed by atoms with Crippen molar-refractivity contribution in [1.82, 2.24) is 9.78 Å². The van der Waals surface area contributed by atoms with E-state index in [1.54, 1.807) is 0 Å². The fraction of sp³-hybridized carbons (Fsp3) is 0.250. The number of hydrogen-bond donors (Lipinski definition) is 0. The summed E-state index contributed by atoms with van der Waals surface area (Å²) in [4.78, 5) is -3.06. The van der Waals surface area contributed by atoms with E-state index < -0.39 is 4.96 Å². The molecular formula is C4H3BrF2N2. The molecule has 1 aromatic rings. The van der Waals surface area contributed by atoms with Crippen molar-refractivity contribution in [2.45, 2.75) is 4.96 Å². The van der Waals surface area contributed by atoms with Gasteiger partial charge in [0.05, 0.1) is 0 Å². The predicted molar refractivity (Wildman–Crippen MR) is 31.3 cm³/mol. The van der Waals surface area contributed by atoms with Gasteiger partial charge in [-0.1, -0.05) is 0 Å². The van der Waals surface area contributed by atoms with E-state index in [2.05, 4.69) is 21.0 Å². The van der Waals surface area contributed by atoms with Crippen LogP contribution in [0.2, 0.25) is 0 Å². The van der Waals surface area contributed by atoms with E-state index in [1.807, 2.05) is 0 Å². The van der Waals surface area contributed by atoms with Gasteiger partial charge in [-0.2, -0.15) is 18.6 Å². The first-order valence-corrected chi connectivity index (χ1v) is 2.97. The van der Waals surface area contributed by atoms with Crippen molar-refractivity contribution in [2.75, 3.05) is 0 Å². The summed E-state index contributed by atoms with van der Waals surface area (Å²) in [6.07, 6.45) is 2.46. The molecule has 0 unspecified atom stereocenters. The van der Waals surface area contributed by atoms with Gasteiger partial charge in [-0.05, 0) is 6.07 Å². The van der Waals surface area contributed by atoms with Crippen molar-refractivity contribution in [3.8, 4) is 0 Å². The molecule has 1 heterocycles. The van der Waals surface area contributed by atoms with E-state index in [0.29, 0.717) is 4.68 Å². The van der Waals surface area contributed by atoms with Crippen LogP contribution in [-0.4, -0.2) is 9.78 Å². The maximum absolute atomic E-state index is 12.1. The third-order valence-electron chi connectivity index (χ3n) is 0.764. The molecule has 0 atom stereocenters. The molecule has 0 aliphatic carbocycles. The highest BCUT2D eigenvalue weighted by atomic mass is 79.9. The summed E-state index contributed by atoms with van der Waals surface area (Å²) in [5.41, 5.74) is 0. The summed E-state index contributed by atoms with van der Waals surface area (Å²) >= 11 is 2.13. The summed E-state index contributed by atoms with van der Waals surface area (Å²) in [5.74, 6) is 0. The summed E-state index contributed by atoms with van der Waals surface area (Å²) in [7, 11) is 0. The number of halogens is 3. The maximum Gasteiger partial charge on any atom is 0.400 e. The maximum atomic E-state index is 12.1. The predicted octanol–water partition coefficient (Wildman–Crippen LogP) is 1.78. The molecule has 5 heteroatoms. The molecule has 0 fully saturated rings. The van der Waals surface area contributed by atoms with E-state index in [4.69, 9.17) is 0 Å². The molecule has 50 valence electrons. The molecule has 0 N–H and O–H groups in total. The standard InChI is InChI=1S/C4H3BrF2N2/c5-4(6,7)9-3-1-2-8-9/h1-3H. The zero-order chi connectivity index (χ0) is 6.91. The fourth-order valence-corrected chi connectivity index (χ4v) is 0.629. The quantitative estimate of drug-likeness (QED) is 0.627. The van der Waals surface area contributed by atoms with Gasteiger partial charge >= 0.3 is 4.96 Å². The van der Waals surface area contributed by atoms with Gasteiger partial charge < -0.3 is 0 Å². The molecule has 9 heavy (non-hydrogen) atoms. The van der Waals surface area contributed by atoms with Crippen molar-refractivity contribution < 1.29 is 8.78 Å². The largest absolute Gasteiger partial charge is 0.400 e. The normalized spacial score (nSPS) is 11.9. The van der Waals surface area contributed by atoms with Crippen LogP contribution in [0.5, 0.6) is 0 Å². The fourth-order valence-electron chi connectivity index (χ4n) is 0.419. The zero-order valence-electron chi connectivity index (χ0n) is 4.26. The lowest BCUT2D eigenvalue weighted by Gasteiger charge is -2.05. The van der Waals surface area contributed by atoms with Crippen molar-refractivity contribution in [3.63, 3.8) is 0 Å². The highest BCUT2D eigenvalue weighted by molar-refractivity contribution is 9.09. The minimum Gasteiger partial charge on any atom is -0.199 e. The van der Waals surface area contributed by atoms with Crippen LogP contribution in [0.25, 0.3) is 0 Å². The third-order valence-corrected chi connectivity index (χ3v) is 1.13. The van der Waals surface area contributed by atoms with E-state index in [9.17, 15) is 8.78 Å². The Balaban J connectivity index is 2.90. The summed E-state index contributed by atoms with van der Waals surface area (Å²) in [6, 6.07) is 1.43. The third kappa shape index (κ3) is 1.48. The summed E-state index contributed by atoms with van der Waals surface area (Å²) in [5, 5.41) is 3.31. The Bertz CT molecular complexity index is 179. The van der Waals surface area contributed by atoms with Crippen molar-refractivity contribution >= 4 is 15.9 Å². The van der Waals surface area contributed by atoms with Gasteiger partial charge in [0.2, 0.25) is 0 Å². The zero-order valence-corrected chi connectivity index (χ0v) is 5.85. The molecule has 0 saturated heterocycles. The molecular weight excluding hydrogens is 194 g/mol. The first-order valence-electron chi connectivity index (χ1n) is 2.17. The van der Waals surface area contributed by atoms with E-state index in [-0.39, 0.29) is 0 Å². The van der Waals surface area contributed by atoms with Gasteiger partial charge in [-0.25, -0.2) is 0 Å². The minimum atomic E-state index is -3.06. The van der Waals surface area contributed by atoms with Gasteiger partial charge in [0.25, 0.3) is 0 Å². The van der Waals surface area contributed by atoms with E-state index in [1.165, 1.54) is 18.5 Å². The molecule has 0 amide bonds. The van der Waals surface area contributed by atoms with E-state index in [0.717, 1.165) is 0 Å². The molecule has 0 saturated carbocycles. The van der Waals surface area contributed by atoms with Crippen molar-refractivity contribution in [1.29, 1.82) is 0 Å². The first kappa shape index (κ1) is 6.67. The van der Waals surface area contributed by atoms with Crippen LogP contribution in [-0.2, 0) is 4.96 Å². The lowest BCUT2D eigenvalue weighted by atomic mass is 10.8. The Hall–Kier alpha value is -0.450. The Kier molecular flexibility index (Phi) is 1.52. The number of aromatic nitrogens is 2. The van der Waals surface area contributed by atoms with Crippen LogP contribution >= 0.6 is 15.9 Å². The Labute approximate surface area is 58.6 Å². The van der Waals surface area contributed by atoms with Gasteiger partial charge in [0, 0.05) is 28.3 Å². The second-order valence-corrected chi connectivity index (χ2v) is 2.37. The second-order valence-electron chi connectivity index (χ2n) is 1.42. The number of nitrogens with zero attached hydrogens (tertiary/aromatic N) is 2. The summed E-state index contributed by atoms with van der Waals surface area (Å²) < 4.78 is 24.7.